The van der Waals surface area contributed by atoms with Crippen LogP contribution in [0.5, 0.6) is 0 Å². The summed E-state index contributed by atoms with van der Waals surface area (Å²) in [5.74, 6) is 0.569. The average Bonchev–Trinajstić information content (AvgIpc) is 2.46. The normalized spacial score (nSPS) is 15.3. The summed E-state index contributed by atoms with van der Waals surface area (Å²) in [6.07, 6.45) is 2.14. The van der Waals surface area contributed by atoms with E-state index in [1.807, 2.05) is 45.0 Å². The highest BCUT2D eigenvalue weighted by Gasteiger charge is 2.21. The van der Waals surface area contributed by atoms with Gasteiger partial charge in [0.25, 0.3) is 0 Å². The molecule has 0 aromatic heterocycles. The molecule has 4 nitrogen and oxygen atoms in total. The van der Waals surface area contributed by atoms with Crippen molar-refractivity contribution in [1.82, 2.24) is 5.32 Å². The molecule has 0 aliphatic carbocycles. The standard InChI is InChI=1S/C19H32N2O2/c1-14(2)10-11-19(5,23)13-20-16(4)12-18(22)21-17-9-7-6-8-15(17)3/h6-9,14,16,20,23H,10-13H2,1-5H3,(H,21,22). The zero-order chi connectivity index (χ0) is 17.5. The third-order valence-electron chi connectivity index (χ3n) is 4.00. The van der Waals surface area contributed by atoms with Crippen molar-refractivity contribution in [3.63, 3.8) is 0 Å². The van der Waals surface area contributed by atoms with Crippen LogP contribution in [0.3, 0.4) is 0 Å². The fourth-order valence-electron chi connectivity index (χ4n) is 2.35. The van der Waals surface area contributed by atoms with E-state index < -0.39 is 5.60 Å². The lowest BCUT2D eigenvalue weighted by molar-refractivity contribution is -0.116. The summed E-state index contributed by atoms with van der Waals surface area (Å²) in [5.41, 5.74) is 1.18. The van der Waals surface area contributed by atoms with Crippen molar-refractivity contribution < 1.29 is 9.90 Å². The Morgan fingerprint density at radius 3 is 2.52 bits per heavy atom. The number of rotatable bonds is 9. The van der Waals surface area contributed by atoms with Gasteiger partial charge >= 0.3 is 0 Å². The van der Waals surface area contributed by atoms with E-state index in [9.17, 15) is 9.90 Å². The second-order valence-electron chi connectivity index (χ2n) is 7.28. The summed E-state index contributed by atoms with van der Waals surface area (Å²) in [6.45, 7) is 10.6. The van der Waals surface area contributed by atoms with Crippen LogP contribution in [0.4, 0.5) is 5.69 Å². The van der Waals surface area contributed by atoms with Crippen LogP contribution in [0.15, 0.2) is 24.3 Å². The van der Waals surface area contributed by atoms with Crippen molar-refractivity contribution in [3.05, 3.63) is 29.8 Å². The van der Waals surface area contributed by atoms with Gasteiger partial charge in [0.05, 0.1) is 5.60 Å². The maximum atomic E-state index is 12.1. The van der Waals surface area contributed by atoms with Gasteiger partial charge in [0.1, 0.15) is 0 Å². The number of anilines is 1. The van der Waals surface area contributed by atoms with E-state index in [-0.39, 0.29) is 11.9 Å². The van der Waals surface area contributed by atoms with Crippen LogP contribution in [0.2, 0.25) is 0 Å². The number of hydrogen-bond acceptors (Lipinski definition) is 3. The summed E-state index contributed by atoms with van der Waals surface area (Å²) in [5, 5.41) is 16.6. The van der Waals surface area contributed by atoms with E-state index in [2.05, 4.69) is 24.5 Å². The molecule has 0 aliphatic rings. The highest BCUT2D eigenvalue weighted by Crippen LogP contribution is 2.16. The van der Waals surface area contributed by atoms with Gasteiger partial charge in [-0.3, -0.25) is 4.79 Å². The zero-order valence-electron chi connectivity index (χ0n) is 15.1. The Morgan fingerprint density at radius 2 is 1.91 bits per heavy atom. The Bertz CT molecular complexity index is 498. The number of amides is 1. The molecule has 0 bridgehead atoms. The van der Waals surface area contributed by atoms with Crippen LogP contribution in [0.1, 0.15) is 52.5 Å². The lowest BCUT2D eigenvalue weighted by Gasteiger charge is -2.26. The van der Waals surface area contributed by atoms with Gasteiger partial charge in [-0.2, -0.15) is 0 Å². The fourth-order valence-corrected chi connectivity index (χ4v) is 2.35. The quantitative estimate of drug-likeness (QED) is 0.653. The molecule has 0 aliphatic heterocycles. The lowest BCUT2D eigenvalue weighted by atomic mass is 9.95. The first-order valence-electron chi connectivity index (χ1n) is 8.51. The van der Waals surface area contributed by atoms with Crippen molar-refractivity contribution in [2.75, 3.05) is 11.9 Å². The van der Waals surface area contributed by atoms with E-state index in [1.165, 1.54) is 0 Å². The molecule has 3 N–H and O–H groups in total. The van der Waals surface area contributed by atoms with Crippen molar-refractivity contribution >= 4 is 11.6 Å². The van der Waals surface area contributed by atoms with Gasteiger partial charge < -0.3 is 15.7 Å². The summed E-state index contributed by atoms with van der Waals surface area (Å²) in [7, 11) is 0. The van der Waals surface area contributed by atoms with E-state index in [4.69, 9.17) is 0 Å². The minimum atomic E-state index is -0.731. The number of aliphatic hydroxyl groups is 1. The van der Waals surface area contributed by atoms with Crippen LogP contribution in [0.25, 0.3) is 0 Å². The van der Waals surface area contributed by atoms with Gasteiger partial charge in [-0.05, 0) is 51.2 Å². The zero-order valence-corrected chi connectivity index (χ0v) is 15.1. The van der Waals surface area contributed by atoms with Crippen LogP contribution >= 0.6 is 0 Å². The van der Waals surface area contributed by atoms with E-state index in [1.54, 1.807) is 0 Å². The number of aryl methyl sites for hydroxylation is 1. The molecule has 23 heavy (non-hydrogen) atoms. The smallest absolute Gasteiger partial charge is 0.225 e. The van der Waals surface area contributed by atoms with Crippen molar-refractivity contribution in [3.8, 4) is 0 Å². The number of benzene rings is 1. The molecule has 0 heterocycles. The predicted molar refractivity (Wildman–Crippen MR) is 96.6 cm³/mol. The van der Waals surface area contributed by atoms with Crippen molar-refractivity contribution in [2.45, 2.75) is 65.5 Å². The topological polar surface area (TPSA) is 61.4 Å². The third kappa shape index (κ3) is 8.14. The average molecular weight is 320 g/mol. The predicted octanol–water partition coefficient (Wildman–Crippen LogP) is 3.49. The summed E-state index contributed by atoms with van der Waals surface area (Å²) in [6, 6.07) is 7.76. The van der Waals surface area contributed by atoms with Crippen molar-refractivity contribution in [2.24, 2.45) is 5.92 Å². The Morgan fingerprint density at radius 1 is 1.26 bits per heavy atom. The largest absolute Gasteiger partial charge is 0.389 e. The van der Waals surface area contributed by atoms with Gasteiger partial charge in [-0.15, -0.1) is 0 Å². The molecule has 4 heteroatoms. The molecular weight excluding hydrogens is 288 g/mol. The number of hydrogen-bond donors (Lipinski definition) is 3. The molecule has 0 saturated carbocycles. The Kier molecular flexibility index (Phi) is 7.73. The highest BCUT2D eigenvalue weighted by molar-refractivity contribution is 5.91. The lowest BCUT2D eigenvalue weighted by Crippen LogP contribution is -2.42. The third-order valence-corrected chi connectivity index (χ3v) is 4.00. The Hall–Kier alpha value is -1.39. The summed E-state index contributed by atoms with van der Waals surface area (Å²) < 4.78 is 0. The first-order valence-corrected chi connectivity index (χ1v) is 8.51. The molecule has 0 fully saturated rings. The first kappa shape index (κ1) is 19.7. The molecule has 1 aromatic rings. The number of nitrogens with one attached hydrogen (secondary N) is 2. The second-order valence-corrected chi connectivity index (χ2v) is 7.28. The minimum Gasteiger partial charge on any atom is -0.389 e. The summed E-state index contributed by atoms with van der Waals surface area (Å²) >= 11 is 0. The molecule has 2 atom stereocenters. The van der Waals surface area contributed by atoms with Crippen LogP contribution in [0, 0.1) is 12.8 Å². The molecule has 1 amide bonds. The van der Waals surface area contributed by atoms with Crippen LogP contribution in [-0.2, 0) is 4.79 Å². The maximum Gasteiger partial charge on any atom is 0.225 e. The SMILES string of the molecule is Cc1ccccc1NC(=O)CC(C)NCC(C)(O)CCC(C)C. The van der Waals surface area contributed by atoms with Gasteiger partial charge in [0.15, 0.2) is 0 Å². The molecule has 1 rings (SSSR count). The highest BCUT2D eigenvalue weighted by atomic mass is 16.3. The number of carbonyl (C=O) groups excluding carboxylic acids is 1. The molecule has 0 saturated heterocycles. The minimum absolute atomic E-state index is 0.0128. The Labute approximate surface area is 140 Å². The number of carbonyl (C=O) groups is 1. The molecular formula is C19H32N2O2. The second kappa shape index (κ2) is 9.04. The van der Waals surface area contributed by atoms with Crippen LogP contribution in [-0.4, -0.2) is 29.2 Å². The van der Waals surface area contributed by atoms with Gasteiger partial charge in [-0.1, -0.05) is 32.0 Å². The van der Waals surface area contributed by atoms with Crippen molar-refractivity contribution in [1.29, 1.82) is 0 Å². The first-order chi connectivity index (χ1) is 10.7. The fraction of sp³-hybridized carbons (Fsp3) is 0.632. The molecule has 0 spiro atoms. The van der Waals surface area contributed by atoms with E-state index in [0.717, 1.165) is 24.1 Å². The Balaban J connectivity index is 2.37. The van der Waals surface area contributed by atoms with E-state index in [0.29, 0.717) is 18.9 Å². The van der Waals surface area contributed by atoms with E-state index >= 15 is 0 Å². The van der Waals surface area contributed by atoms with Crippen LogP contribution < -0.4 is 10.6 Å². The van der Waals surface area contributed by atoms with Gasteiger partial charge in [0, 0.05) is 24.7 Å². The number of para-hydroxylation sites is 1. The van der Waals surface area contributed by atoms with Gasteiger partial charge in [-0.25, -0.2) is 0 Å². The molecule has 1 aromatic carbocycles. The molecule has 2 unspecified atom stereocenters. The molecule has 0 radical (unpaired) electrons. The maximum absolute atomic E-state index is 12.1. The summed E-state index contributed by atoms with van der Waals surface area (Å²) in [4.78, 5) is 12.1. The monoisotopic (exact) mass is 320 g/mol. The van der Waals surface area contributed by atoms with Gasteiger partial charge in [0.2, 0.25) is 5.91 Å². The molecule has 130 valence electrons.